The Hall–Kier alpha value is -0.980. The molecule has 4 aliphatic rings. The van der Waals surface area contributed by atoms with Crippen molar-refractivity contribution in [2.45, 2.75) is 57.9 Å². The number of aryl methyl sites for hydroxylation is 2. The van der Waals surface area contributed by atoms with Gasteiger partial charge in [-0.2, -0.15) is 0 Å². The van der Waals surface area contributed by atoms with Crippen LogP contribution in [0.3, 0.4) is 0 Å². The van der Waals surface area contributed by atoms with Gasteiger partial charge in [0, 0.05) is 18.3 Å². The summed E-state index contributed by atoms with van der Waals surface area (Å²) in [6.07, 6.45) is 8.92. The summed E-state index contributed by atoms with van der Waals surface area (Å²) in [7, 11) is 2.36. The second-order valence-electron chi connectivity index (χ2n) is 8.05. The third-order valence-electron chi connectivity index (χ3n) is 6.31. The minimum atomic E-state index is 0.481. The van der Waals surface area contributed by atoms with Crippen molar-refractivity contribution < 1.29 is 0 Å². The average molecular weight is 269 g/mol. The fourth-order valence-corrected chi connectivity index (χ4v) is 5.89. The van der Waals surface area contributed by atoms with Crippen LogP contribution in [-0.2, 0) is 0 Å². The molecule has 4 aliphatic carbocycles. The Balaban J connectivity index is 1.69. The molecule has 0 spiro atoms. The first kappa shape index (κ1) is 12.7. The van der Waals surface area contributed by atoms with Gasteiger partial charge in [0.15, 0.2) is 0 Å². The molecule has 1 aromatic carbocycles. The minimum Gasteiger partial charge on any atom is -0.369 e. The summed E-state index contributed by atoms with van der Waals surface area (Å²) >= 11 is 0. The lowest BCUT2D eigenvalue weighted by Crippen LogP contribution is -2.59. The van der Waals surface area contributed by atoms with Crippen LogP contribution in [0.2, 0.25) is 0 Å². The van der Waals surface area contributed by atoms with Crippen molar-refractivity contribution in [1.29, 1.82) is 0 Å². The zero-order valence-corrected chi connectivity index (χ0v) is 13.2. The minimum absolute atomic E-state index is 0.481. The lowest BCUT2D eigenvalue weighted by atomic mass is 9.52. The number of benzene rings is 1. The highest BCUT2D eigenvalue weighted by Gasteiger charge is 2.52. The van der Waals surface area contributed by atoms with Crippen molar-refractivity contribution >= 4 is 5.69 Å². The standard InChI is InChI=1S/C19H27N/c1-13-4-14(2)6-18(5-13)20(3)19-10-15-7-16(11-19)9-17(8-15)12-19/h4-6,15-17H,7-12H2,1-3H3. The number of nitrogens with zero attached hydrogens (tertiary/aromatic N) is 1. The molecule has 4 fully saturated rings. The molecule has 0 aromatic heterocycles. The molecule has 0 amide bonds. The summed E-state index contributed by atoms with van der Waals surface area (Å²) < 4.78 is 0. The maximum Gasteiger partial charge on any atom is 0.0407 e. The van der Waals surface area contributed by atoms with Crippen molar-refractivity contribution in [1.82, 2.24) is 0 Å². The first-order valence-corrected chi connectivity index (χ1v) is 8.36. The van der Waals surface area contributed by atoms with Gasteiger partial charge in [-0.15, -0.1) is 0 Å². The molecule has 0 unspecified atom stereocenters. The molecule has 0 aliphatic heterocycles. The zero-order chi connectivity index (χ0) is 13.9. The first-order valence-electron chi connectivity index (χ1n) is 8.36. The molecule has 108 valence electrons. The van der Waals surface area contributed by atoms with E-state index in [1.54, 1.807) is 0 Å². The van der Waals surface area contributed by atoms with Crippen LogP contribution in [0.25, 0.3) is 0 Å². The molecule has 1 heteroatoms. The summed E-state index contributed by atoms with van der Waals surface area (Å²) in [5, 5.41) is 0. The molecule has 1 nitrogen and oxygen atoms in total. The van der Waals surface area contributed by atoms with E-state index in [1.165, 1.54) is 55.3 Å². The van der Waals surface area contributed by atoms with Crippen molar-refractivity contribution in [3.63, 3.8) is 0 Å². The molecule has 0 N–H and O–H groups in total. The van der Waals surface area contributed by atoms with E-state index >= 15 is 0 Å². The van der Waals surface area contributed by atoms with Gasteiger partial charge < -0.3 is 4.90 Å². The predicted molar refractivity (Wildman–Crippen MR) is 85.2 cm³/mol. The third-order valence-corrected chi connectivity index (χ3v) is 6.31. The Labute approximate surface area is 123 Å². The lowest BCUT2D eigenvalue weighted by Gasteiger charge is -2.60. The normalized spacial score (nSPS) is 38.2. The fourth-order valence-electron chi connectivity index (χ4n) is 5.89. The van der Waals surface area contributed by atoms with Gasteiger partial charge >= 0.3 is 0 Å². The van der Waals surface area contributed by atoms with Gasteiger partial charge in [-0.3, -0.25) is 0 Å². The Kier molecular flexibility index (Phi) is 2.71. The summed E-state index contributed by atoms with van der Waals surface area (Å²) in [4.78, 5) is 2.66. The van der Waals surface area contributed by atoms with E-state index in [0.29, 0.717) is 5.54 Å². The lowest BCUT2D eigenvalue weighted by molar-refractivity contribution is -0.00200. The highest BCUT2D eigenvalue weighted by Crippen LogP contribution is 2.58. The average Bonchev–Trinajstić information content (AvgIpc) is 2.35. The van der Waals surface area contributed by atoms with E-state index in [-0.39, 0.29) is 0 Å². The monoisotopic (exact) mass is 269 g/mol. The van der Waals surface area contributed by atoms with Gasteiger partial charge in [-0.1, -0.05) is 6.07 Å². The fraction of sp³-hybridized carbons (Fsp3) is 0.684. The number of hydrogen-bond acceptors (Lipinski definition) is 1. The van der Waals surface area contributed by atoms with Crippen LogP contribution < -0.4 is 4.90 Å². The molecule has 0 saturated heterocycles. The third kappa shape index (κ3) is 1.89. The predicted octanol–water partition coefficient (Wildman–Crippen LogP) is 4.71. The van der Waals surface area contributed by atoms with E-state index in [1.807, 2.05) is 0 Å². The summed E-state index contributed by atoms with van der Waals surface area (Å²) in [6, 6.07) is 7.05. The molecular weight excluding hydrogens is 242 g/mol. The van der Waals surface area contributed by atoms with Crippen LogP contribution in [0.5, 0.6) is 0 Å². The molecule has 0 heterocycles. The van der Waals surface area contributed by atoms with E-state index in [4.69, 9.17) is 0 Å². The van der Waals surface area contributed by atoms with Gasteiger partial charge in [0.25, 0.3) is 0 Å². The Morgan fingerprint density at radius 2 is 1.30 bits per heavy atom. The second-order valence-corrected chi connectivity index (χ2v) is 8.05. The van der Waals surface area contributed by atoms with Gasteiger partial charge in [-0.05, 0) is 93.4 Å². The van der Waals surface area contributed by atoms with Crippen molar-refractivity contribution in [2.24, 2.45) is 17.8 Å². The topological polar surface area (TPSA) is 3.24 Å². The Morgan fingerprint density at radius 1 is 0.850 bits per heavy atom. The number of rotatable bonds is 2. The van der Waals surface area contributed by atoms with Crippen LogP contribution in [-0.4, -0.2) is 12.6 Å². The van der Waals surface area contributed by atoms with Crippen LogP contribution >= 0.6 is 0 Å². The number of hydrogen-bond donors (Lipinski definition) is 0. The van der Waals surface area contributed by atoms with Crippen molar-refractivity contribution in [3.05, 3.63) is 29.3 Å². The van der Waals surface area contributed by atoms with E-state index in [9.17, 15) is 0 Å². The van der Waals surface area contributed by atoms with Crippen LogP contribution in [0.4, 0.5) is 5.69 Å². The molecule has 20 heavy (non-hydrogen) atoms. The molecule has 1 aromatic rings. The van der Waals surface area contributed by atoms with Gasteiger partial charge in [-0.25, -0.2) is 0 Å². The highest BCUT2D eigenvalue weighted by atomic mass is 15.2. The van der Waals surface area contributed by atoms with Crippen LogP contribution in [0.15, 0.2) is 18.2 Å². The van der Waals surface area contributed by atoms with E-state index < -0.39 is 0 Å². The number of anilines is 1. The van der Waals surface area contributed by atoms with Crippen LogP contribution in [0.1, 0.15) is 49.7 Å². The molecular formula is C19H27N. The Morgan fingerprint density at radius 3 is 1.75 bits per heavy atom. The molecule has 0 atom stereocenters. The largest absolute Gasteiger partial charge is 0.369 e. The van der Waals surface area contributed by atoms with Gasteiger partial charge in [0.05, 0.1) is 0 Å². The first-order chi connectivity index (χ1) is 9.54. The summed E-state index contributed by atoms with van der Waals surface area (Å²) in [5.74, 6) is 3.07. The molecule has 4 bridgehead atoms. The summed E-state index contributed by atoms with van der Waals surface area (Å²) in [6.45, 7) is 4.45. The van der Waals surface area contributed by atoms with Crippen molar-refractivity contribution in [2.75, 3.05) is 11.9 Å². The van der Waals surface area contributed by atoms with Gasteiger partial charge in [0.2, 0.25) is 0 Å². The molecule has 5 rings (SSSR count). The highest BCUT2D eigenvalue weighted by molar-refractivity contribution is 5.53. The molecule has 0 radical (unpaired) electrons. The quantitative estimate of drug-likeness (QED) is 0.751. The second kappa shape index (κ2) is 4.26. The summed E-state index contributed by atoms with van der Waals surface area (Å²) in [5.41, 5.74) is 4.73. The van der Waals surface area contributed by atoms with Gasteiger partial charge in [0.1, 0.15) is 0 Å². The SMILES string of the molecule is Cc1cc(C)cc(N(C)C23CC4CC(CC(C4)C2)C3)c1. The maximum atomic E-state index is 2.66. The Bertz CT molecular complexity index is 475. The molecule has 4 saturated carbocycles. The zero-order valence-electron chi connectivity index (χ0n) is 13.2. The van der Waals surface area contributed by atoms with Crippen LogP contribution in [0, 0.1) is 31.6 Å². The van der Waals surface area contributed by atoms with Crippen molar-refractivity contribution in [3.8, 4) is 0 Å². The smallest absolute Gasteiger partial charge is 0.0407 e. The van der Waals surface area contributed by atoms with E-state index in [0.717, 1.165) is 17.8 Å². The van der Waals surface area contributed by atoms with E-state index in [2.05, 4.69) is 44.0 Å². The maximum absolute atomic E-state index is 2.66.